The normalized spacial score (nSPS) is 11.1. The van der Waals surface area contributed by atoms with Gasteiger partial charge in [-0.1, -0.05) is 17.7 Å². The van der Waals surface area contributed by atoms with Crippen molar-refractivity contribution in [1.82, 2.24) is 24.0 Å². The molecule has 1 amide bonds. The van der Waals surface area contributed by atoms with Crippen LogP contribution in [0.4, 0.5) is 0 Å². The number of carbonyl (C=O) groups is 1. The molecule has 2 heterocycles. The summed E-state index contributed by atoms with van der Waals surface area (Å²) in [7, 11) is 3.03. The lowest BCUT2D eigenvalue weighted by Gasteiger charge is -2.08. The van der Waals surface area contributed by atoms with Crippen molar-refractivity contribution < 1.29 is 9.53 Å². The Morgan fingerprint density at radius 3 is 2.55 bits per heavy atom. The van der Waals surface area contributed by atoms with Gasteiger partial charge in [0, 0.05) is 33.6 Å². The number of carbonyl (C=O) groups excluding carboxylic acids is 1. The Labute approximate surface area is 180 Å². The smallest absolute Gasteiger partial charge is 0.332 e. The van der Waals surface area contributed by atoms with Crippen LogP contribution in [0.5, 0.6) is 5.75 Å². The summed E-state index contributed by atoms with van der Waals surface area (Å²) in [4.78, 5) is 40.6. The number of imidazole rings is 1. The summed E-state index contributed by atoms with van der Waals surface area (Å²) in [6.07, 6.45) is 4.16. The number of amides is 1. The number of nitrogens with zero attached hydrogens (tertiary/aromatic N) is 4. The minimum absolute atomic E-state index is 0.0239. The van der Waals surface area contributed by atoms with Crippen LogP contribution in [0.15, 0.2) is 40.2 Å². The predicted octanol–water partition coefficient (Wildman–Crippen LogP) is 1.50. The average Bonchev–Trinajstić information content (AvgIpc) is 3.18. The zero-order valence-electron chi connectivity index (χ0n) is 18.3. The number of aromatic nitrogens is 4. The highest BCUT2D eigenvalue weighted by atomic mass is 16.5. The summed E-state index contributed by atoms with van der Waals surface area (Å²) in [5.74, 6) is 0.834. The number of benzene rings is 1. The van der Waals surface area contributed by atoms with Crippen molar-refractivity contribution in [2.75, 3.05) is 13.2 Å². The Hall–Kier alpha value is -3.36. The van der Waals surface area contributed by atoms with Gasteiger partial charge in [-0.15, -0.1) is 0 Å². The van der Waals surface area contributed by atoms with E-state index in [2.05, 4.69) is 10.3 Å². The molecule has 0 aliphatic carbocycles. The number of hydrogen-bond donors (Lipinski definition) is 1. The molecule has 0 spiro atoms. The van der Waals surface area contributed by atoms with E-state index in [-0.39, 0.29) is 11.5 Å². The van der Waals surface area contributed by atoms with Crippen LogP contribution in [-0.2, 0) is 25.4 Å². The minimum Gasteiger partial charge on any atom is -0.494 e. The van der Waals surface area contributed by atoms with Crippen LogP contribution in [0.3, 0.4) is 0 Å². The fraction of sp³-hybridized carbons (Fsp3) is 0.455. The Kier molecular flexibility index (Phi) is 7.28. The molecule has 9 nitrogen and oxygen atoms in total. The molecule has 166 valence electrons. The molecule has 0 saturated heterocycles. The van der Waals surface area contributed by atoms with Gasteiger partial charge in [0.1, 0.15) is 5.75 Å². The van der Waals surface area contributed by atoms with Gasteiger partial charge < -0.3 is 14.6 Å². The Morgan fingerprint density at radius 1 is 1.06 bits per heavy atom. The summed E-state index contributed by atoms with van der Waals surface area (Å²) in [5.41, 5.74) is 1.13. The van der Waals surface area contributed by atoms with E-state index < -0.39 is 5.69 Å². The monoisotopic (exact) mass is 427 g/mol. The highest BCUT2D eigenvalue weighted by Crippen LogP contribution is 2.11. The van der Waals surface area contributed by atoms with Gasteiger partial charge in [0.2, 0.25) is 5.91 Å². The SMILES string of the molecule is Cc1ccc(OCCCCNC(=O)CCCn2cnc3c2c(=O)n(C)c(=O)n3C)cc1. The van der Waals surface area contributed by atoms with Gasteiger partial charge in [-0.05, 0) is 38.3 Å². The van der Waals surface area contributed by atoms with E-state index in [1.165, 1.54) is 23.5 Å². The Morgan fingerprint density at radius 2 is 1.81 bits per heavy atom. The van der Waals surface area contributed by atoms with Gasteiger partial charge in [0.05, 0.1) is 12.9 Å². The number of nitrogens with one attached hydrogen (secondary N) is 1. The molecule has 0 aliphatic heterocycles. The first kappa shape index (κ1) is 22.3. The molecular formula is C22H29N5O4. The third kappa shape index (κ3) is 5.42. The standard InChI is InChI=1S/C22H29N5O4/c1-16-8-10-17(11-9-16)31-14-5-4-12-23-18(28)7-6-13-27-15-24-20-19(27)21(29)26(3)22(30)25(20)2/h8-11,15H,4-7,12-14H2,1-3H3,(H,23,28). The Bertz CT molecular complexity index is 1160. The molecule has 0 aliphatic rings. The van der Waals surface area contributed by atoms with Crippen LogP contribution in [-0.4, -0.2) is 37.7 Å². The number of unbranched alkanes of at least 4 members (excludes halogenated alkanes) is 1. The summed E-state index contributed by atoms with van der Waals surface area (Å²) < 4.78 is 9.79. The molecule has 0 fully saturated rings. The predicted molar refractivity (Wildman–Crippen MR) is 118 cm³/mol. The highest BCUT2D eigenvalue weighted by molar-refractivity contribution is 5.75. The second-order valence-electron chi connectivity index (χ2n) is 7.64. The van der Waals surface area contributed by atoms with Crippen molar-refractivity contribution in [1.29, 1.82) is 0 Å². The second-order valence-corrected chi connectivity index (χ2v) is 7.64. The van der Waals surface area contributed by atoms with Crippen LogP contribution in [0, 0.1) is 6.92 Å². The molecule has 31 heavy (non-hydrogen) atoms. The van der Waals surface area contributed by atoms with E-state index in [0.717, 1.165) is 23.2 Å². The first-order chi connectivity index (χ1) is 14.9. The van der Waals surface area contributed by atoms with Crippen LogP contribution >= 0.6 is 0 Å². The van der Waals surface area contributed by atoms with E-state index >= 15 is 0 Å². The molecule has 3 aromatic rings. The van der Waals surface area contributed by atoms with Crippen LogP contribution in [0.2, 0.25) is 0 Å². The molecule has 0 unspecified atom stereocenters. The first-order valence-corrected chi connectivity index (χ1v) is 10.5. The van der Waals surface area contributed by atoms with E-state index in [9.17, 15) is 14.4 Å². The molecule has 0 radical (unpaired) electrons. The molecular weight excluding hydrogens is 398 g/mol. The van der Waals surface area contributed by atoms with Crippen molar-refractivity contribution in [2.24, 2.45) is 14.1 Å². The van der Waals surface area contributed by atoms with Crippen molar-refractivity contribution in [2.45, 2.75) is 39.2 Å². The number of hydrogen-bond acceptors (Lipinski definition) is 5. The average molecular weight is 428 g/mol. The van der Waals surface area contributed by atoms with Gasteiger partial charge in [-0.3, -0.25) is 18.7 Å². The van der Waals surface area contributed by atoms with Crippen molar-refractivity contribution in [3.63, 3.8) is 0 Å². The zero-order valence-corrected chi connectivity index (χ0v) is 18.3. The van der Waals surface area contributed by atoms with Crippen LogP contribution in [0.25, 0.3) is 11.2 Å². The zero-order chi connectivity index (χ0) is 22.4. The number of aryl methyl sites for hydroxylation is 3. The minimum atomic E-state index is -0.411. The number of fused-ring (bicyclic) bond motifs is 1. The maximum atomic E-state index is 12.4. The summed E-state index contributed by atoms with van der Waals surface area (Å²) >= 11 is 0. The fourth-order valence-electron chi connectivity index (χ4n) is 3.34. The van der Waals surface area contributed by atoms with Gasteiger partial charge in [0.15, 0.2) is 11.2 Å². The lowest BCUT2D eigenvalue weighted by molar-refractivity contribution is -0.121. The van der Waals surface area contributed by atoms with E-state index in [1.54, 1.807) is 11.6 Å². The number of ether oxygens (including phenoxy) is 1. The number of rotatable bonds is 10. The van der Waals surface area contributed by atoms with Gasteiger partial charge >= 0.3 is 5.69 Å². The van der Waals surface area contributed by atoms with E-state index in [4.69, 9.17) is 4.74 Å². The van der Waals surface area contributed by atoms with Crippen molar-refractivity contribution >= 4 is 17.1 Å². The maximum absolute atomic E-state index is 12.4. The second kappa shape index (κ2) is 10.1. The molecule has 1 aromatic carbocycles. The molecule has 9 heteroatoms. The lowest BCUT2D eigenvalue weighted by atomic mass is 10.2. The van der Waals surface area contributed by atoms with Crippen LogP contribution in [0.1, 0.15) is 31.2 Å². The summed E-state index contributed by atoms with van der Waals surface area (Å²) in [5, 5.41) is 2.91. The molecule has 2 aromatic heterocycles. The topological polar surface area (TPSA) is 100 Å². The van der Waals surface area contributed by atoms with E-state index in [1.807, 2.05) is 31.2 Å². The van der Waals surface area contributed by atoms with Gasteiger partial charge in [-0.25, -0.2) is 9.78 Å². The summed E-state index contributed by atoms with van der Waals surface area (Å²) in [6.45, 7) is 3.73. The third-order valence-electron chi connectivity index (χ3n) is 5.20. The van der Waals surface area contributed by atoms with Gasteiger partial charge in [-0.2, -0.15) is 0 Å². The highest BCUT2D eigenvalue weighted by Gasteiger charge is 2.14. The largest absolute Gasteiger partial charge is 0.494 e. The van der Waals surface area contributed by atoms with E-state index in [0.29, 0.717) is 43.7 Å². The molecule has 1 N–H and O–H groups in total. The molecule has 0 bridgehead atoms. The molecule has 0 saturated carbocycles. The Balaban J connectivity index is 1.37. The van der Waals surface area contributed by atoms with Crippen molar-refractivity contribution in [3.8, 4) is 5.75 Å². The maximum Gasteiger partial charge on any atom is 0.332 e. The first-order valence-electron chi connectivity index (χ1n) is 10.5. The third-order valence-corrected chi connectivity index (χ3v) is 5.20. The van der Waals surface area contributed by atoms with Crippen molar-refractivity contribution in [3.05, 3.63) is 57.0 Å². The summed E-state index contributed by atoms with van der Waals surface area (Å²) in [6, 6.07) is 7.94. The van der Waals surface area contributed by atoms with Gasteiger partial charge in [0.25, 0.3) is 5.56 Å². The van der Waals surface area contributed by atoms with Crippen LogP contribution < -0.4 is 21.3 Å². The lowest BCUT2D eigenvalue weighted by Crippen LogP contribution is -2.37. The quantitative estimate of drug-likeness (QED) is 0.494. The fourth-order valence-corrected chi connectivity index (χ4v) is 3.34. The molecule has 3 rings (SSSR count). The molecule has 0 atom stereocenters.